The minimum Gasteiger partial charge on any atom is -0.361 e. The number of hydrogen-bond acceptors (Lipinski definition) is 1. The number of carbonyl (C=O) groups is 1. The van der Waals surface area contributed by atoms with E-state index < -0.39 is 0 Å². The van der Waals surface area contributed by atoms with Crippen molar-refractivity contribution in [1.29, 1.82) is 0 Å². The molecule has 0 fully saturated rings. The standard InChI is InChI=1S/C12H12BrNO/c1-8(7-15)4-9-6-14-12-3-2-10(13)5-11(9)12/h2-3,5-8,14H,4H2,1H3. The molecule has 1 heterocycles. The molecule has 0 radical (unpaired) electrons. The van der Waals surface area contributed by atoms with Crippen molar-refractivity contribution in [3.05, 3.63) is 34.4 Å². The zero-order valence-corrected chi connectivity index (χ0v) is 10.0. The summed E-state index contributed by atoms with van der Waals surface area (Å²) in [5.41, 5.74) is 2.32. The normalized spacial score (nSPS) is 12.9. The molecule has 1 aromatic carbocycles. The third-order valence-electron chi connectivity index (χ3n) is 2.50. The van der Waals surface area contributed by atoms with Crippen LogP contribution in [0.3, 0.4) is 0 Å². The zero-order valence-electron chi connectivity index (χ0n) is 8.46. The second-order valence-electron chi connectivity index (χ2n) is 3.82. The molecular formula is C12H12BrNO. The number of H-pyrrole nitrogens is 1. The van der Waals surface area contributed by atoms with Crippen LogP contribution in [0.5, 0.6) is 0 Å². The van der Waals surface area contributed by atoms with Crippen LogP contribution < -0.4 is 0 Å². The van der Waals surface area contributed by atoms with Crippen LogP contribution in [0.15, 0.2) is 28.9 Å². The second-order valence-corrected chi connectivity index (χ2v) is 4.74. The fourth-order valence-electron chi connectivity index (χ4n) is 1.71. The van der Waals surface area contributed by atoms with Crippen molar-refractivity contribution in [2.24, 2.45) is 5.92 Å². The van der Waals surface area contributed by atoms with Gasteiger partial charge in [-0.3, -0.25) is 0 Å². The fourth-order valence-corrected chi connectivity index (χ4v) is 2.08. The average molecular weight is 266 g/mol. The number of fused-ring (bicyclic) bond motifs is 1. The SMILES string of the molecule is CC(C=O)Cc1c[nH]c2ccc(Br)cc12. The molecule has 3 heteroatoms. The number of aromatic amines is 1. The van der Waals surface area contributed by atoms with Gasteiger partial charge >= 0.3 is 0 Å². The highest BCUT2D eigenvalue weighted by atomic mass is 79.9. The minimum atomic E-state index is 0.0722. The van der Waals surface area contributed by atoms with E-state index in [0.717, 1.165) is 22.7 Å². The molecule has 0 saturated heterocycles. The molecule has 0 aliphatic rings. The molecule has 1 N–H and O–H groups in total. The summed E-state index contributed by atoms with van der Waals surface area (Å²) in [6.07, 6.45) is 3.77. The maximum atomic E-state index is 10.6. The summed E-state index contributed by atoms with van der Waals surface area (Å²) in [6, 6.07) is 6.12. The number of aromatic nitrogens is 1. The Balaban J connectivity index is 2.43. The molecule has 2 nitrogen and oxygen atoms in total. The largest absolute Gasteiger partial charge is 0.361 e. The molecule has 1 atom stereocenters. The Kier molecular flexibility index (Phi) is 2.91. The molecule has 1 aromatic heterocycles. The number of benzene rings is 1. The molecule has 0 spiro atoms. The number of rotatable bonds is 3. The van der Waals surface area contributed by atoms with Crippen molar-refractivity contribution in [3.8, 4) is 0 Å². The molecule has 1 unspecified atom stereocenters. The summed E-state index contributed by atoms with van der Waals surface area (Å²) in [4.78, 5) is 13.8. The summed E-state index contributed by atoms with van der Waals surface area (Å²) in [6.45, 7) is 1.93. The van der Waals surface area contributed by atoms with Gasteiger partial charge in [-0.15, -0.1) is 0 Å². The molecule has 0 amide bonds. The minimum absolute atomic E-state index is 0.0722. The second kappa shape index (κ2) is 4.19. The molecule has 0 bridgehead atoms. The Hall–Kier alpha value is -1.09. The first-order chi connectivity index (χ1) is 7.20. The molecule has 0 aliphatic carbocycles. The lowest BCUT2D eigenvalue weighted by Crippen LogP contribution is -1.99. The number of halogens is 1. The molecule has 2 rings (SSSR count). The molecule has 0 aliphatic heterocycles. The summed E-state index contributed by atoms with van der Waals surface area (Å²) < 4.78 is 1.06. The van der Waals surface area contributed by atoms with E-state index in [9.17, 15) is 4.79 Å². The van der Waals surface area contributed by atoms with Crippen molar-refractivity contribution in [1.82, 2.24) is 4.98 Å². The van der Waals surface area contributed by atoms with Crippen molar-refractivity contribution < 1.29 is 4.79 Å². The maximum Gasteiger partial charge on any atom is 0.123 e. The van der Waals surface area contributed by atoms with E-state index in [1.165, 1.54) is 10.9 Å². The predicted molar refractivity (Wildman–Crippen MR) is 64.9 cm³/mol. The van der Waals surface area contributed by atoms with Gasteiger partial charge in [-0.05, 0) is 30.2 Å². The van der Waals surface area contributed by atoms with Crippen molar-refractivity contribution in [2.45, 2.75) is 13.3 Å². The summed E-state index contributed by atoms with van der Waals surface area (Å²) >= 11 is 3.45. The lowest BCUT2D eigenvalue weighted by atomic mass is 10.0. The van der Waals surface area contributed by atoms with Gasteiger partial charge in [0.1, 0.15) is 6.29 Å². The molecule has 2 aromatic rings. The molecule has 15 heavy (non-hydrogen) atoms. The average Bonchev–Trinajstić information content (AvgIpc) is 2.61. The Labute approximate surface area is 96.8 Å². The third-order valence-corrected chi connectivity index (χ3v) is 3.00. The van der Waals surface area contributed by atoms with Gasteiger partial charge in [-0.1, -0.05) is 22.9 Å². The number of nitrogens with one attached hydrogen (secondary N) is 1. The van der Waals surface area contributed by atoms with E-state index in [2.05, 4.69) is 27.0 Å². The van der Waals surface area contributed by atoms with Gasteiger partial charge in [-0.25, -0.2) is 0 Å². The van der Waals surface area contributed by atoms with Crippen molar-refractivity contribution >= 4 is 33.1 Å². The van der Waals surface area contributed by atoms with Gasteiger partial charge in [0.25, 0.3) is 0 Å². The Morgan fingerprint density at radius 1 is 1.53 bits per heavy atom. The molecule has 0 saturated carbocycles. The monoisotopic (exact) mass is 265 g/mol. The van der Waals surface area contributed by atoms with Crippen LogP contribution in [0.1, 0.15) is 12.5 Å². The maximum absolute atomic E-state index is 10.6. The van der Waals surface area contributed by atoms with Crippen LogP contribution in [0, 0.1) is 5.92 Å². The number of hydrogen-bond donors (Lipinski definition) is 1. The molecular weight excluding hydrogens is 254 g/mol. The quantitative estimate of drug-likeness (QED) is 0.849. The summed E-state index contributed by atoms with van der Waals surface area (Å²) in [5, 5.41) is 1.19. The first kappa shape index (κ1) is 10.4. The van der Waals surface area contributed by atoms with Crippen LogP contribution >= 0.6 is 15.9 Å². The Bertz CT molecular complexity index is 489. The predicted octanol–water partition coefficient (Wildman–Crippen LogP) is 3.31. The lowest BCUT2D eigenvalue weighted by molar-refractivity contribution is -0.110. The zero-order chi connectivity index (χ0) is 10.8. The van der Waals surface area contributed by atoms with Crippen LogP contribution in [0.25, 0.3) is 10.9 Å². The van der Waals surface area contributed by atoms with Gasteiger partial charge in [0, 0.05) is 27.5 Å². The molecule has 78 valence electrons. The van der Waals surface area contributed by atoms with E-state index in [-0.39, 0.29) is 5.92 Å². The van der Waals surface area contributed by atoms with Gasteiger partial charge < -0.3 is 9.78 Å². The Morgan fingerprint density at radius 3 is 3.07 bits per heavy atom. The summed E-state index contributed by atoms with van der Waals surface area (Å²) in [7, 11) is 0. The van der Waals surface area contributed by atoms with E-state index in [0.29, 0.717) is 0 Å². The lowest BCUT2D eigenvalue weighted by Gasteiger charge is -2.01. The van der Waals surface area contributed by atoms with E-state index >= 15 is 0 Å². The van der Waals surface area contributed by atoms with Gasteiger partial charge in [-0.2, -0.15) is 0 Å². The van der Waals surface area contributed by atoms with Crippen molar-refractivity contribution in [3.63, 3.8) is 0 Å². The van der Waals surface area contributed by atoms with Gasteiger partial charge in [0.05, 0.1) is 0 Å². The van der Waals surface area contributed by atoms with Gasteiger partial charge in [0.15, 0.2) is 0 Å². The Morgan fingerprint density at radius 2 is 2.33 bits per heavy atom. The van der Waals surface area contributed by atoms with Crippen LogP contribution in [-0.4, -0.2) is 11.3 Å². The smallest absolute Gasteiger partial charge is 0.123 e. The van der Waals surface area contributed by atoms with E-state index in [4.69, 9.17) is 0 Å². The number of aldehydes is 1. The van der Waals surface area contributed by atoms with Crippen LogP contribution in [-0.2, 0) is 11.2 Å². The summed E-state index contributed by atoms with van der Waals surface area (Å²) in [5.74, 6) is 0.0722. The first-order valence-corrected chi connectivity index (χ1v) is 5.71. The van der Waals surface area contributed by atoms with E-state index in [1.54, 1.807) is 0 Å². The van der Waals surface area contributed by atoms with E-state index in [1.807, 2.05) is 25.3 Å². The highest BCUT2D eigenvalue weighted by molar-refractivity contribution is 9.10. The fraction of sp³-hybridized carbons (Fsp3) is 0.250. The van der Waals surface area contributed by atoms with Crippen LogP contribution in [0.2, 0.25) is 0 Å². The first-order valence-electron chi connectivity index (χ1n) is 4.91. The van der Waals surface area contributed by atoms with Crippen molar-refractivity contribution in [2.75, 3.05) is 0 Å². The topological polar surface area (TPSA) is 32.9 Å². The highest BCUT2D eigenvalue weighted by Gasteiger charge is 2.07. The van der Waals surface area contributed by atoms with Gasteiger partial charge in [0.2, 0.25) is 0 Å². The highest BCUT2D eigenvalue weighted by Crippen LogP contribution is 2.24. The number of carbonyl (C=O) groups excluding carboxylic acids is 1. The van der Waals surface area contributed by atoms with Crippen LogP contribution in [0.4, 0.5) is 0 Å². The third kappa shape index (κ3) is 2.12.